The summed E-state index contributed by atoms with van der Waals surface area (Å²) in [6.45, 7) is 0.883. The van der Waals surface area contributed by atoms with E-state index in [2.05, 4.69) is 10.6 Å². The molecule has 1 amide bonds. The van der Waals surface area contributed by atoms with Gasteiger partial charge in [0.25, 0.3) is 0 Å². The van der Waals surface area contributed by atoms with Crippen LogP contribution in [0.25, 0.3) is 0 Å². The Labute approximate surface area is 153 Å². The van der Waals surface area contributed by atoms with Crippen molar-refractivity contribution in [1.29, 1.82) is 5.26 Å². The Morgan fingerprint density at radius 3 is 2.85 bits per heavy atom. The molecule has 2 aromatic rings. The zero-order chi connectivity index (χ0) is 18.7. The van der Waals surface area contributed by atoms with Gasteiger partial charge in [-0.1, -0.05) is 6.07 Å². The molecule has 1 saturated heterocycles. The Hall–Kier alpha value is -2.34. The maximum atomic E-state index is 13.8. The molecular weight excluding hydrogens is 358 g/mol. The van der Waals surface area contributed by atoms with Crippen LogP contribution in [0.4, 0.5) is 8.78 Å². The van der Waals surface area contributed by atoms with E-state index < -0.39 is 29.1 Å². The predicted octanol–water partition coefficient (Wildman–Crippen LogP) is 1.77. The maximum absolute atomic E-state index is 13.8. The summed E-state index contributed by atoms with van der Waals surface area (Å²) in [6, 6.07) is 6.75. The van der Waals surface area contributed by atoms with E-state index in [0.29, 0.717) is 25.9 Å². The van der Waals surface area contributed by atoms with E-state index in [0.717, 1.165) is 17.0 Å². The molecule has 26 heavy (non-hydrogen) atoms. The minimum atomic E-state index is -1.09. The molecule has 0 spiro atoms. The lowest BCUT2D eigenvalue weighted by Crippen LogP contribution is -2.53. The summed E-state index contributed by atoms with van der Waals surface area (Å²) >= 11 is 1.51. The van der Waals surface area contributed by atoms with E-state index in [9.17, 15) is 18.8 Å². The Bertz CT molecular complexity index is 842. The molecule has 1 fully saturated rings. The van der Waals surface area contributed by atoms with Gasteiger partial charge in [-0.15, -0.1) is 11.3 Å². The highest BCUT2D eigenvalue weighted by atomic mass is 32.1. The fourth-order valence-corrected chi connectivity index (χ4v) is 3.96. The van der Waals surface area contributed by atoms with E-state index in [1.807, 2.05) is 23.6 Å². The first-order valence-electron chi connectivity index (χ1n) is 8.15. The molecule has 2 heterocycles. The van der Waals surface area contributed by atoms with Crippen LogP contribution in [0.2, 0.25) is 0 Å². The molecule has 1 aliphatic rings. The number of hydrogen-bond acceptors (Lipinski definition) is 5. The average molecular weight is 376 g/mol. The van der Waals surface area contributed by atoms with Crippen molar-refractivity contribution in [2.45, 2.75) is 24.4 Å². The molecule has 2 atom stereocenters. The van der Waals surface area contributed by atoms with Gasteiger partial charge in [-0.25, -0.2) is 8.78 Å². The molecule has 3 rings (SSSR count). The van der Waals surface area contributed by atoms with Crippen molar-refractivity contribution in [2.75, 3.05) is 13.1 Å². The van der Waals surface area contributed by atoms with Gasteiger partial charge < -0.3 is 16.4 Å². The first kappa shape index (κ1) is 18.5. The molecule has 0 radical (unpaired) electrons. The second-order valence-corrected chi connectivity index (χ2v) is 7.34. The largest absolute Gasteiger partial charge is 0.344 e. The molecule has 0 unspecified atom stereocenters. The summed E-state index contributed by atoms with van der Waals surface area (Å²) in [5, 5.41) is 17.2. The summed E-state index contributed by atoms with van der Waals surface area (Å²) in [5.41, 5.74) is 5.29. The third-order valence-electron chi connectivity index (χ3n) is 4.55. The minimum absolute atomic E-state index is 0.000252. The second-order valence-electron chi connectivity index (χ2n) is 6.31. The number of carbonyl (C=O) groups is 1. The monoisotopic (exact) mass is 376 g/mol. The Balaban J connectivity index is 1.88. The number of halogens is 2. The first-order chi connectivity index (χ1) is 12.4. The molecule has 0 aliphatic carbocycles. The minimum Gasteiger partial charge on any atom is -0.344 e. The topological polar surface area (TPSA) is 90.9 Å². The molecule has 136 valence electrons. The predicted molar refractivity (Wildman–Crippen MR) is 94.4 cm³/mol. The van der Waals surface area contributed by atoms with Crippen molar-refractivity contribution in [2.24, 2.45) is 5.73 Å². The van der Waals surface area contributed by atoms with Crippen LogP contribution >= 0.6 is 11.3 Å². The van der Waals surface area contributed by atoms with Gasteiger partial charge in [0.05, 0.1) is 23.2 Å². The van der Waals surface area contributed by atoms with Crippen LogP contribution in [0.1, 0.15) is 22.4 Å². The van der Waals surface area contributed by atoms with Gasteiger partial charge in [-0.2, -0.15) is 5.26 Å². The number of nitrogens with one attached hydrogen (secondary N) is 2. The number of rotatable bonds is 5. The molecule has 0 bridgehead atoms. The standard InChI is InChI=1S/C18H18F2N4OS/c19-14-6-11(9-21)13(8-15(14)20)18(3-4-23-10-18)24-17(25)16(22)7-12-2-1-5-26-12/h1-2,5-6,8,16,23H,3-4,7,10,22H2,(H,24,25)/t16-,18+/m0/s1. The van der Waals surface area contributed by atoms with Crippen LogP contribution in [-0.2, 0) is 16.8 Å². The number of nitrogens with zero attached hydrogens (tertiary/aromatic N) is 1. The van der Waals surface area contributed by atoms with Gasteiger partial charge in [-0.05, 0) is 42.1 Å². The van der Waals surface area contributed by atoms with Crippen LogP contribution < -0.4 is 16.4 Å². The molecule has 1 aromatic heterocycles. The molecule has 8 heteroatoms. The van der Waals surface area contributed by atoms with Gasteiger partial charge in [0.2, 0.25) is 5.91 Å². The Morgan fingerprint density at radius 1 is 1.46 bits per heavy atom. The number of carbonyl (C=O) groups excluding carboxylic acids is 1. The Morgan fingerprint density at radius 2 is 2.23 bits per heavy atom. The molecule has 1 aromatic carbocycles. The molecular formula is C18H18F2N4OS. The van der Waals surface area contributed by atoms with Gasteiger partial charge in [0.1, 0.15) is 0 Å². The fraction of sp³-hybridized carbons (Fsp3) is 0.333. The van der Waals surface area contributed by atoms with Crippen molar-refractivity contribution in [1.82, 2.24) is 10.6 Å². The number of benzene rings is 1. The number of nitrogens with two attached hydrogens (primary N) is 1. The van der Waals surface area contributed by atoms with Crippen molar-refractivity contribution < 1.29 is 13.6 Å². The first-order valence-corrected chi connectivity index (χ1v) is 9.03. The number of thiophene rings is 1. The molecule has 0 saturated carbocycles. The summed E-state index contributed by atoms with van der Waals surface area (Å²) in [4.78, 5) is 13.6. The fourth-order valence-electron chi connectivity index (χ4n) is 3.20. The highest BCUT2D eigenvalue weighted by molar-refractivity contribution is 7.09. The summed E-state index contributed by atoms with van der Waals surface area (Å²) < 4.78 is 27.3. The number of hydrogen-bond donors (Lipinski definition) is 3. The van der Waals surface area contributed by atoms with Crippen molar-refractivity contribution >= 4 is 17.2 Å². The Kier molecular flexibility index (Phi) is 5.32. The van der Waals surface area contributed by atoms with Crippen molar-refractivity contribution in [3.63, 3.8) is 0 Å². The summed E-state index contributed by atoms with van der Waals surface area (Å²) in [5.74, 6) is -2.54. The van der Waals surface area contributed by atoms with Crippen LogP contribution in [0.15, 0.2) is 29.6 Å². The van der Waals surface area contributed by atoms with Crippen LogP contribution in [-0.4, -0.2) is 25.0 Å². The van der Waals surface area contributed by atoms with E-state index in [-0.39, 0.29) is 11.1 Å². The lowest BCUT2D eigenvalue weighted by atomic mass is 9.85. The molecule has 1 aliphatic heterocycles. The lowest BCUT2D eigenvalue weighted by Gasteiger charge is -2.32. The van der Waals surface area contributed by atoms with Crippen LogP contribution in [0.3, 0.4) is 0 Å². The number of nitriles is 1. The summed E-state index contributed by atoms with van der Waals surface area (Å²) in [7, 11) is 0. The van der Waals surface area contributed by atoms with E-state index >= 15 is 0 Å². The molecule has 4 N–H and O–H groups in total. The van der Waals surface area contributed by atoms with Crippen molar-refractivity contribution in [3.8, 4) is 6.07 Å². The van der Waals surface area contributed by atoms with Gasteiger partial charge >= 0.3 is 0 Å². The quantitative estimate of drug-likeness (QED) is 0.742. The average Bonchev–Trinajstić information content (AvgIpc) is 3.29. The third kappa shape index (κ3) is 3.60. The smallest absolute Gasteiger partial charge is 0.238 e. The van der Waals surface area contributed by atoms with Gasteiger partial charge in [-0.3, -0.25) is 4.79 Å². The summed E-state index contributed by atoms with van der Waals surface area (Å²) in [6.07, 6.45) is 0.833. The third-order valence-corrected chi connectivity index (χ3v) is 5.45. The maximum Gasteiger partial charge on any atom is 0.238 e. The lowest BCUT2D eigenvalue weighted by molar-refractivity contribution is -0.124. The van der Waals surface area contributed by atoms with E-state index in [4.69, 9.17) is 5.73 Å². The van der Waals surface area contributed by atoms with Crippen molar-refractivity contribution in [3.05, 3.63) is 57.3 Å². The SMILES string of the molecule is N#Cc1cc(F)c(F)cc1[C@@]1(NC(=O)[C@@H](N)Cc2cccs2)CCNC1. The van der Waals surface area contributed by atoms with Gasteiger partial charge in [0.15, 0.2) is 11.6 Å². The highest BCUT2D eigenvalue weighted by Crippen LogP contribution is 2.32. The zero-order valence-electron chi connectivity index (χ0n) is 13.9. The normalized spacial score (nSPS) is 20.5. The van der Waals surface area contributed by atoms with Gasteiger partial charge in [0, 0.05) is 17.8 Å². The zero-order valence-corrected chi connectivity index (χ0v) is 14.7. The van der Waals surface area contributed by atoms with E-state index in [1.165, 1.54) is 11.3 Å². The van der Waals surface area contributed by atoms with Crippen LogP contribution in [0, 0.1) is 23.0 Å². The molecule has 5 nitrogen and oxygen atoms in total. The number of amides is 1. The van der Waals surface area contributed by atoms with E-state index in [1.54, 1.807) is 0 Å². The highest BCUT2D eigenvalue weighted by Gasteiger charge is 2.40. The van der Waals surface area contributed by atoms with Crippen LogP contribution in [0.5, 0.6) is 0 Å². The second kappa shape index (κ2) is 7.50.